The average Bonchev–Trinajstić information content (AvgIpc) is 2.91. The summed E-state index contributed by atoms with van der Waals surface area (Å²) in [5.41, 5.74) is 3.91. The molecule has 0 radical (unpaired) electrons. The van der Waals surface area contributed by atoms with Gasteiger partial charge in [0, 0.05) is 46.3 Å². The molecule has 0 bridgehead atoms. The molecule has 10 heteroatoms. The Morgan fingerprint density at radius 3 is 0.794 bits per heavy atom. The van der Waals surface area contributed by atoms with Crippen molar-refractivity contribution in [2.75, 3.05) is 0 Å². The van der Waals surface area contributed by atoms with Gasteiger partial charge in [0.1, 0.15) is 0 Å². The fourth-order valence-corrected chi connectivity index (χ4v) is 3.36. The van der Waals surface area contributed by atoms with E-state index in [0.29, 0.717) is 0 Å². The summed E-state index contributed by atoms with van der Waals surface area (Å²) in [6.07, 6.45) is 7.21. The fraction of sp³-hybridized carbons (Fsp3) is 0. The molecular weight excluding hydrogens is 574 g/mol. The predicted molar refractivity (Wildman–Crippen MR) is 130 cm³/mol. The maximum atomic E-state index is 4.35. The van der Waals surface area contributed by atoms with Crippen molar-refractivity contribution in [2.45, 2.75) is 0 Å². The van der Waals surface area contributed by atoms with Gasteiger partial charge in [-0.05, 0) is 24.3 Å². The van der Waals surface area contributed by atoms with Crippen molar-refractivity contribution in [1.29, 1.82) is 0 Å². The molecule has 0 spiro atoms. The van der Waals surface area contributed by atoms with Crippen molar-refractivity contribution in [3.63, 3.8) is 0 Å². The molecule has 4 aromatic heterocycles. The number of halogens is 2. The molecule has 6 aromatic rings. The van der Waals surface area contributed by atoms with Crippen LogP contribution in [-0.2, 0) is 30.2 Å². The number of hydrogen-bond acceptors (Lipinski definition) is 6. The first-order valence-electron chi connectivity index (χ1n) is 9.30. The van der Waals surface area contributed by atoms with Gasteiger partial charge >= 0.3 is 50.4 Å². The van der Waals surface area contributed by atoms with Crippen LogP contribution in [0.25, 0.3) is 43.6 Å². The molecule has 182 valence electrons. The van der Waals surface area contributed by atoms with Gasteiger partial charge in [0.15, 0.2) is 0 Å². The van der Waals surface area contributed by atoms with E-state index in [0.717, 1.165) is 43.6 Å². The zero-order valence-corrected chi connectivity index (χ0v) is 20.7. The zero-order valence-electron chi connectivity index (χ0n) is 17.3. The van der Waals surface area contributed by atoms with Gasteiger partial charge < -0.3 is 11.0 Å². The Hall–Kier alpha value is -2.38. The number of rotatable bonds is 0. The summed E-state index contributed by atoms with van der Waals surface area (Å²) in [6.45, 7) is 0. The van der Waals surface area contributed by atoms with Gasteiger partial charge in [-0.1, -0.05) is 48.5 Å². The third kappa shape index (κ3) is 6.83. The summed E-state index contributed by atoms with van der Waals surface area (Å²) >= 11 is 7.32. The van der Waals surface area contributed by atoms with Crippen LogP contribution in [0.2, 0.25) is 0 Å². The van der Waals surface area contributed by atoms with Gasteiger partial charge in [0.2, 0.25) is 0 Å². The van der Waals surface area contributed by atoms with Gasteiger partial charge in [0.25, 0.3) is 0 Å². The molecule has 2 N–H and O–H groups in total. The smallest absolute Gasteiger partial charge is 0.0964 e. The van der Waals surface area contributed by atoms with E-state index in [2.05, 4.69) is 119 Å². The van der Waals surface area contributed by atoms with E-state index in [1.165, 1.54) is 0 Å². The molecule has 0 saturated heterocycles. The Morgan fingerprint density at radius 2 is 0.588 bits per heavy atom. The van der Waals surface area contributed by atoms with E-state index in [4.69, 9.17) is 0 Å². The van der Waals surface area contributed by atoms with Crippen molar-refractivity contribution < 1.29 is 41.2 Å². The molecule has 34 heavy (non-hydrogen) atoms. The Kier molecular flexibility index (Phi) is 13.5. The second-order valence-corrected chi connectivity index (χ2v) is 6.43. The number of fused-ring (bicyclic) bond motifs is 6. The largest absolute Gasteiger partial charge is 0.870 e. The van der Waals surface area contributed by atoms with Crippen molar-refractivity contribution in [3.05, 3.63) is 97.6 Å². The van der Waals surface area contributed by atoms with Gasteiger partial charge in [-0.15, -0.1) is 0 Å². The second kappa shape index (κ2) is 15.5. The second-order valence-electron chi connectivity index (χ2n) is 6.43. The Balaban J connectivity index is 0.000000283. The third-order valence-electron chi connectivity index (χ3n) is 4.69. The van der Waals surface area contributed by atoms with Crippen LogP contribution < -0.4 is 0 Å². The molecule has 0 unspecified atom stereocenters. The molecule has 0 aliphatic carbocycles. The summed E-state index contributed by atoms with van der Waals surface area (Å²) < 4.78 is 0. The molecule has 0 aliphatic heterocycles. The van der Waals surface area contributed by atoms with Crippen molar-refractivity contribution >= 4 is 63.8 Å². The van der Waals surface area contributed by atoms with Crippen molar-refractivity contribution in [2.24, 2.45) is 0 Å². The Bertz CT molecular complexity index is 1240. The molecule has 0 aliphatic rings. The molecular formula is C24H18Cl2Cu2N4O2. The zero-order chi connectivity index (χ0) is 22.8. The minimum absolute atomic E-state index is 0. The predicted octanol–water partition coefficient (Wildman–Crippen LogP) is 6.59. The molecule has 2 aromatic carbocycles. The third-order valence-corrected chi connectivity index (χ3v) is 4.69. The first-order valence-corrected chi connectivity index (χ1v) is 11.9. The van der Waals surface area contributed by atoms with E-state index in [1.54, 1.807) is 24.8 Å². The maximum absolute atomic E-state index is 4.35. The fourth-order valence-electron chi connectivity index (χ4n) is 3.36. The van der Waals surface area contributed by atoms with Crippen molar-refractivity contribution in [1.82, 2.24) is 19.9 Å². The van der Waals surface area contributed by atoms with Crippen LogP contribution in [0.15, 0.2) is 97.6 Å². The number of nitrogens with zero attached hydrogens (tertiary/aromatic N) is 4. The molecule has 0 amide bonds. The van der Waals surface area contributed by atoms with Gasteiger partial charge in [-0.25, -0.2) is 0 Å². The van der Waals surface area contributed by atoms with E-state index in [9.17, 15) is 0 Å². The van der Waals surface area contributed by atoms with Gasteiger partial charge in [-0.3, -0.25) is 19.9 Å². The van der Waals surface area contributed by atoms with E-state index in [1.807, 2.05) is 24.3 Å². The van der Waals surface area contributed by atoms with Crippen LogP contribution in [0.4, 0.5) is 0 Å². The number of hydrogen-bond donors (Lipinski definition) is 0. The molecule has 4 heterocycles. The summed E-state index contributed by atoms with van der Waals surface area (Å²) in [7, 11) is 8.40. The van der Waals surface area contributed by atoms with Crippen LogP contribution in [-0.4, -0.2) is 30.9 Å². The molecule has 0 atom stereocenters. The van der Waals surface area contributed by atoms with Crippen LogP contribution in [0.5, 0.6) is 0 Å². The Morgan fingerprint density at radius 1 is 0.382 bits per heavy atom. The summed E-state index contributed by atoms with van der Waals surface area (Å²) in [5.74, 6) is 0. The monoisotopic (exact) mass is 590 g/mol. The maximum Gasteiger partial charge on any atom is 0.0964 e. The van der Waals surface area contributed by atoms with E-state index >= 15 is 0 Å². The first kappa shape index (κ1) is 29.7. The minimum Gasteiger partial charge on any atom is -0.870 e. The molecule has 6 rings (SSSR count). The van der Waals surface area contributed by atoms with E-state index < -0.39 is 0 Å². The van der Waals surface area contributed by atoms with Gasteiger partial charge in [0.05, 0.1) is 22.1 Å². The van der Waals surface area contributed by atoms with Crippen LogP contribution >= 0.6 is 20.2 Å². The van der Waals surface area contributed by atoms with Gasteiger partial charge in [-0.2, -0.15) is 0 Å². The topological polar surface area (TPSA) is 112 Å². The standard InChI is InChI=1S/2C12H8N2.2ClH.2Cu.2H2O/c2*1-3-9-5-6-10-4-2-8-14-12(10)11(9)13-7-1;;;;;;/h2*1-8H;2*1H;;;2*1H2/q;;;;2*+2;;/p-4. The normalized spacial score (nSPS) is 9.35. The summed E-state index contributed by atoms with van der Waals surface area (Å²) in [6, 6.07) is 24.3. The summed E-state index contributed by atoms with van der Waals surface area (Å²) in [5, 5.41) is 4.55. The Labute approximate surface area is 221 Å². The number of aromatic nitrogens is 4. The quantitative estimate of drug-likeness (QED) is 0.145. The van der Waals surface area contributed by atoms with Crippen LogP contribution in [0.1, 0.15) is 0 Å². The van der Waals surface area contributed by atoms with Crippen LogP contribution in [0.3, 0.4) is 0 Å². The number of benzene rings is 2. The minimum atomic E-state index is 0. The SMILES string of the molecule is [Cl][Cu+].[Cl][Cu+].[OH-].[OH-].c1cnc2c(c1)ccc1cccnc12.c1cnc2c(c1)ccc1cccnc12. The molecule has 6 nitrogen and oxygen atoms in total. The molecule has 0 saturated carbocycles. The molecule has 0 fully saturated rings. The average molecular weight is 592 g/mol. The van der Waals surface area contributed by atoms with Crippen molar-refractivity contribution in [3.8, 4) is 0 Å². The van der Waals surface area contributed by atoms with Crippen LogP contribution in [0, 0.1) is 0 Å². The first-order chi connectivity index (χ1) is 15.9. The summed E-state index contributed by atoms with van der Waals surface area (Å²) in [4.78, 5) is 17.4. The number of pyridine rings is 4. The van der Waals surface area contributed by atoms with E-state index in [-0.39, 0.29) is 11.0 Å².